The Morgan fingerprint density at radius 2 is 1.92 bits per heavy atom. The van der Waals surface area contributed by atoms with E-state index in [0.717, 1.165) is 19.5 Å². The van der Waals surface area contributed by atoms with Crippen molar-refractivity contribution in [2.24, 2.45) is 0 Å². The number of rotatable bonds is 5. The van der Waals surface area contributed by atoms with Gasteiger partial charge in [-0.2, -0.15) is 0 Å². The quantitative estimate of drug-likeness (QED) is 0.594. The third kappa shape index (κ3) is 6.34. The second-order valence-electron chi connectivity index (χ2n) is 3.42. The van der Waals surface area contributed by atoms with Gasteiger partial charge < -0.3 is 9.80 Å². The van der Waals surface area contributed by atoms with E-state index < -0.39 is 0 Å². The first-order valence-corrected chi connectivity index (χ1v) is 4.64. The average Bonchev–Trinajstić information content (AvgIpc) is 2.04. The summed E-state index contributed by atoms with van der Waals surface area (Å²) in [6, 6.07) is 0. The van der Waals surface area contributed by atoms with Gasteiger partial charge in [0.25, 0.3) is 0 Å². The number of amides is 1. The summed E-state index contributed by atoms with van der Waals surface area (Å²) in [7, 11) is 5.78. The normalized spacial score (nSPS) is 11.2. The SMILES string of the molecule is CCCN(C)C(=O)/C=C/CN(C)C. The van der Waals surface area contributed by atoms with Crippen LogP contribution in [-0.2, 0) is 4.79 Å². The third-order valence-corrected chi connectivity index (χ3v) is 1.67. The smallest absolute Gasteiger partial charge is 0.246 e. The molecule has 0 spiro atoms. The van der Waals surface area contributed by atoms with Crippen molar-refractivity contribution in [3.05, 3.63) is 12.2 Å². The van der Waals surface area contributed by atoms with Gasteiger partial charge in [0, 0.05) is 26.2 Å². The molecular weight excluding hydrogens is 164 g/mol. The minimum Gasteiger partial charge on any atom is -0.342 e. The lowest BCUT2D eigenvalue weighted by molar-refractivity contribution is -0.124. The lowest BCUT2D eigenvalue weighted by atomic mass is 10.4. The molecule has 0 atom stereocenters. The zero-order valence-corrected chi connectivity index (χ0v) is 9.08. The summed E-state index contributed by atoms with van der Waals surface area (Å²) >= 11 is 0. The van der Waals surface area contributed by atoms with E-state index in [0.29, 0.717) is 0 Å². The van der Waals surface area contributed by atoms with Crippen molar-refractivity contribution < 1.29 is 4.79 Å². The monoisotopic (exact) mass is 184 g/mol. The molecule has 1 amide bonds. The minimum absolute atomic E-state index is 0.0868. The molecule has 13 heavy (non-hydrogen) atoms. The van der Waals surface area contributed by atoms with Crippen LogP contribution in [0.5, 0.6) is 0 Å². The fourth-order valence-corrected chi connectivity index (χ4v) is 0.937. The number of nitrogens with zero attached hydrogens (tertiary/aromatic N) is 2. The van der Waals surface area contributed by atoms with Gasteiger partial charge in [0.2, 0.25) is 5.91 Å². The fourth-order valence-electron chi connectivity index (χ4n) is 0.937. The Balaban J connectivity index is 3.78. The summed E-state index contributed by atoms with van der Waals surface area (Å²) in [4.78, 5) is 15.1. The number of hydrogen-bond donors (Lipinski definition) is 0. The molecule has 76 valence electrons. The molecule has 0 aromatic rings. The topological polar surface area (TPSA) is 23.6 Å². The molecule has 0 radical (unpaired) electrons. The van der Waals surface area contributed by atoms with Gasteiger partial charge in [0.1, 0.15) is 0 Å². The van der Waals surface area contributed by atoms with Crippen LogP contribution < -0.4 is 0 Å². The van der Waals surface area contributed by atoms with Crippen LogP contribution in [0.25, 0.3) is 0 Å². The maximum atomic E-state index is 11.3. The van der Waals surface area contributed by atoms with Crippen LogP contribution in [0.4, 0.5) is 0 Å². The van der Waals surface area contributed by atoms with Crippen molar-refractivity contribution in [2.75, 3.05) is 34.2 Å². The molecule has 0 aromatic heterocycles. The van der Waals surface area contributed by atoms with Crippen LogP contribution in [0, 0.1) is 0 Å². The Morgan fingerprint density at radius 3 is 2.38 bits per heavy atom. The molecule has 0 fully saturated rings. The first-order chi connectivity index (χ1) is 6.07. The summed E-state index contributed by atoms with van der Waals surface area (Å²) < 4.78 is 0. The van der Waals surface area contributed by atoms with Crippen LogP contribution in [0.2, 0.25) is 0 Å². The third-order valence-electron chi connectivity index (χ3n) is 1.67. The van der Waals surface area contributed by atoms with Crippen molar-refractivity contribution >= 4 is 5.91 Å². The molecule has 0 saturated heterocycles. The summed E-state index contributed by atoms with van der Waals surface area (Å²) in [5, 5.41) is 0. The maximum Gasteiger partial charge on any atom is 0.246 e. The largest absolute Gasteiger partial charge is 0.342 e. The summed E-state index contributed by atoms with van der Waals surface area (Å²) in [6.07, 6.45) is 4.52. The van der Waals surface area contributed by atoms with Crippen LogP contribution in [0.1, 0.15) is 13.3 Å². The highest BCUT2D eigenvalue weighted by Crippen LogP contribution is 1.89. The molecule has 0 heterocycles. The molecule has 0 bridgehead atoms. The molecule has 0 saturated carbocycles. The van der Waals surface area contributed by atoms with Crippen LogP contribution in [0.3, 0.4) is 0 Å². The van der Waals surface area contributed by atoms with E-state index in [1.807, 2.05) is 32.1 Å². The molecule has 0 aromatic carbocycles. The second-order valence-corrected chi connectivity index (χ2v) is 3.42. The van der Waals surface area contributed by atoms with Gasteiger partial charge in [-0.05, 0) is 20.5 Å². The predicted molar refractivity (Wildman–Crippen MR) is 55.6 cm³/mol. The Bertz CT molecular complexity index is 176. The van der Waals surface area contributed by atoms with E-state index in [2.05, 4.69) is 6.92 Å². The predicted octanol–water partition coefficient (Wildman–Crippen LogP) is 0.973. The van der Waals surface area contributed by atoms with Crippen LogP contribution in [0.15, 0.2) is 12.2 Å². The molecule has 0 aliphatic heterocycles. The zero-order chi connectivity index (χ0) is 10.3. The molecular formula is C10H20N2O. The molecule has 0 rings (SSSR count). The number of likely N-dealkylation sites (N-methyl/N-ethyl adjacent to an activating group) is 2. The second kappa shape index (κ2) is 6.66. The van der Waals surface area contributed by atoms with E-state index in [9.17, 15) is 4.79 Å². The highest BCUT2D eigenvalue weighted by Gasteiger charge is 2.01. The Morgan fingerprint density at radius 1 is 1.31 bits per heavy atom. The number of hydrogen-bond acceptors (Lipinski definition) is 2. The van der Waals surface area contributed by atoms with Crippen molar-refractivity contribution in [2.45, 2.75) is 13.3 Å². The summed E-state index contributed by atoms with van der Waals surface area (Å²) in [5.41, 5.74) is 0. The molecule has 0 N–H and O–H groups in total. The van der Waals surface area contributed by atoms with Crippen molar-refractivity contribution in [1.29, 1.82) is 0 Å². The molecule has 0 unspecified atom stereocenters. The van der Waals surface area contributed by atoms with Gasteiger partial charge in [0.05, 0.1) is 0 Å². The molecule has 3 heteroatoms. The number of carbonyl (C=O) groups excluding carboxylic acids is 1. The van der Waals surface area contributed by atoms with Gasteiger partial charge in [-0.1, -0.05) is 13.0 Å². The lowest BCUT2D eigenvalue weighted by Crippen LogP contribution is -2.25. The van der Waals surface area contributed by atoms with Crippen LogP contribution in [-0.4, -0.2) is 49.9 Å². The van der Waals surface area contributed by atoms with Crippen molar-refractivity contribution in [3.8, 4) is 0 Å². The first kappa shape index (κ1) is 12.2. The maximum absolute atomic E-state index is 11.3. The van der Waals surface area contributed by atoms with Gasteiger partial charge in [0.15, 0.2) is 0 Å². The molecule has 3 nitrogen and oxygen atoms in total. The highest BCUT2D eigenvalue weighted by atomic mass is 16.2. The van der Waals surface area contributed by atoms with E-state index in [4.69, 9.17) is 0 Å². The Hall–Kier alpha value is -0.830. The average molecular weight is 184 g/mol. The van der Waals surface area contributed by atoms with E-state index in [1.54, 1.807) is 11.0 Å². The molecule has 0 aliphatic carbocycles. The van der Waals surface area contributed by atoms with Gasteiger partial charge in [-0.3, -0.25) is 4.79 Å². The fraction of sp³-hybridized carbons (Fsp3) is 0.700. The van der Waals surface area contributed by atoms with Gasteiger partial charge in [-0.15, -0.1) is 0 Å². The van der Waals surface area contributed by atoms with Gasteiger partial charge in [-0.25, -0.2) is 0 Å². The Kier molecular flexibility index (Phi) is 6.24. The summed E-state index contributed by atoms with van der Waals surface area (Å²) in [5.74, 6) is 0.0868. The van der Waals surface area contributed by atoms with E-state index in [-0.39, 0.29) is 5.91 Å². The minimum atomic E-state index is 0.0868. The first-order valence-electron chi connectivity index (χ1n) is 4.64. The van der Waals surface area contributed by atoms with Gasteiger partial charge >= 0.3 is 0 Å². The number of carbonyl (C=O) groups is 1. The van der Waals surface area contributed by atoms with E-state index in [1.165, 1.54) is 0 Å². The summed E-state index contributed by atoms with van der Waals surface area (Å²) in [6.45, 7) is 3.70. The zero-order valence-electron chi connectivity index (χ0n) is 9.08. The van der Waals surface area contributed by atoms with E-state index >= 15 is 0 Å². The highest BCUT2D eigenvalue weighted by molar-refractivity contribution is 5.87. The Labute approximate surface area is 81.0 Å². The van der Waals surface area contributed by atoms with Crippen LogP contribution >= 0.6 is 0 Å². The lowest BCUT2D eigenvalue weighted by Gasteiger charge is -2.13. The standard InChI is InChI=1S/C10H20N2O/c1-5-8-12(4)10(13)7-6-9-11(2)3/h6-7H,5,8-9H2,1-4H3/b7-6+. The molecule has 0 aliphatic rings. The van der Waals surface area contributed by atoms with Crippen molar-refractivity contribution in [1.82, 2.24) is 9.80 Å². The van der Waals surface area contributed by atoms with Crippen molar-refractivity contribution in [3.63, 3.8) is 0 Å².